The first-order chi connectivity index (χ1) is 9.90. The van der Waals surface area contributed by atoms with Crippen molar-refractivity contribution in [3.63, 3.8) is 0 Å². The zero-order valence-corrected chi connectivity index (χ0v) is 13.5. The Labute approximate surface area is 127 Å². The second-order valence-electron chi connectivity index (χ2n) is 5.86. The fourth-order valence-electron chi connectivity index (χ4n) is 2.99. The molecule has 0 bridgehead atoms. The van der Waals surface area contributed by atoms with Gasteiger partial charge in [0.25, 0.3) is 0 Å². The van der Waals surface area contributed by atoms with E-state index in [1.165, 1.54) is 5.56 Å². The molecule has 2 aromatic rings. The van der Waals surface area contributed by atoms with Crippen molar-refractivity contribution in [2.75, 3.05) is 6.61 Å². The summed E-state index contributed by atoms with van der Waals surface area (Å²) in [7, 11) is 0. The number of benzene rings is 2. The Hall–Kier alpha value is -1.80. The van der Waals surface area contributed by atoms with Crippen LogP contribution < -0.4 is 4.74 Å². The molecule has 0 aromatic heterocycles. The molecule has 1 unspecified atom stereocenters. The van der Waals surface area contributed by atoms with Crippen molar-refractivity contribution in [1.29, 1.82) is 0 Å². The number of aliphatic hydroxyl groups excluding tert-OH is 1. The van der Waals surface area contributed by atoms with Crippen LogP contribution in [0, 0.1) is 34.6 Å². The van der Waals surface area contributed by atoms with Gasteiger partial charge in [-0.05, 0) is 62.4 Å². The molecule has 0 aliphatic heterocycles. The minimum atomic E-state index is -0.607. The van der Waals surface area contributed by atoms with Gasteiger partial charge >= 0.3 is 0 Å². The van der Waals surface area contributed by atoms with E-state index in [-0.39, 0.29) is 6.61 Å². The maximum atomic E-state index is 10.5. The third kappa shape index (κ3) is 3.45. The lowest BCUT2D eigenvalue weighted by molar-refractivity contribution is 0.106. The highest BCUT2D eigenvalue weighted by molar-refractivity contribution is 5.41. The molecule has 0 spiro atoms. The van der Waals surface area contributed by atoms with E-state index < -0.39 is 6.10 Å². The number of ether oxygens (including phenoxy) is 1. The molecule has 0 heterocycles. The molecular weight excluding hydrogens is 260 g/mol. The fourth-order valence-corrected chi connectivity index (χ4v) is 2.99. The van der Waals surface area contributed by atoms with Crippen LogP contribution >= 0.6 is 0 Å². The van der Waals surface area contributed by atoms with Gasteiger partial charge in [-0.3, -0.25) is 0 Å². The SMILES string of the molecule is Cc1cc(C)c(C(O)COc2c(C)cccc2C)c(C)c1. The van der Waals surface area contributed by atoms with Gasteiger partial charge in [0.05, 0.1) is 0 Å². The normalized spacial score (nSPS) is 12.3. The number of aryl methyl sites for hydroxylation is 5. The molecule has 2 aromatic carbocycles. The van der Waals surface area contributed by atoms with E-state index in [1.54, 1.807) is 0 Å². The molecule has 1 atom stereocenters. The molecule has 112 valence electrons. The van der Waals surface area contributed by atoms with Gasteiger partial charge in [-0.2, -0.15) is 0 Å². The van der Waals surface area contributed by atoms with Crippen LogP contribution in [-0.4, -0.2) is 11.7 Å². The third-order valence-electron chi connectivity index (χ3n) is 3.87. The van der Waals surface area contributed by atoms with E-state index in [2.05, 4.69) is 19.1 Å². The molecule has 2 rings (SSSR count). The van der Waals surface area contributed by atoms with Crippen LogP contribution in [0.15, 0.2) is 30.3 Å². The molecule has 0 radical (unpaired) electrons. The van der Waals surface area contributed by atoms with Crippen LogP contribution in [0.1, 0.15) is 39.5 Å². The summed E-state index contributed by atoms with van der Waals surface area (Å²) in [5.41, 5.74) is 6.62. The van der Waals surface area contributed by atoms with Gasteiger partial charge in [0.1, 0.15) is 18.5 Å². The van der Waals surface area contributed by atoms with Gasteiger partial charge in [0.15, 0.2) is 0 Å². The molecule has 0 aliphatic rings. The van der Waals surface area contributed by atoms with Crippen LogP contribution in [0.5, 0.6) is 5.75 Å². The lowest BCUT2D eigenvalue weighted by Crippen LogP contribution is -2.13. The maximum Gasteiger partial charge on any atom is 0.125 e. The largest absolute Gasteiger partial charge is 0.490 e. The van der Waals surface area contributed by atoms with Crippen LogP contribution in [0.25, 0.3) is 0 Å². The minimum absolute atomic E-state index is 0.274. The van der Waals surface area contributed by atoms with Crippen molar-refractivity contribution in [3.8, 4) is 5.75 Å². The molecule has 0 saturated heterocycles. The van der Waals surface area contributed by atoms with Crippen LogP contribution in [0.3, 0.4) is 0 Å². The van der Waals surface area contributed by atoms with Crippen LogP contribution in [-0.2, 0) is 0 Å². The average molecular weight is 284 g/mol. The molecule has 0 saturated carbocycles. The Balaban J connectivity index is 2.18. The first kappa shape index (κ1) is 15.6. The number of aliphatic hydroxyl groups is 1. The van der Waals surface area contributed by atoms with Crippen LogP contribution in [0.2, 0.25) is 0 Å². The molecule has 0 aliphatic carbocycles. The summed E-state index contributed by atoms with van der Waals surface area (Å²) in [6.07, 6.45) is -0.607. The van der Waals surface area contributed by atoms with Gasteiger partial charge in [0, 0.05) is 0 Å². The summed E-state index contributed by atoms with van der Waals surface area (Å²) in [5.74, 6) is 0.874. The lowest BCUT2D eigenvalue weighted by Gasteiger charge is -2.19. The summed E-state index contributed by atoms with van der Waals surface area (Å²) in [4.78, 5) is 0. The molecule has 0 fully saturated rings. The van der Waals surface area contributed by atoms with Crippen LogP contribution in [0.4, 0.5) is 0 Å². The highest BCUT2D eigenvalue weighted by atomic mass is 16.5. The highest BCUT2D eigenvalue weighted by Crippen LogP contribution is 2.27. The van der Waals surface area contributed by atoms with Gasteiger partial charge in [-0.25, -0.2) is 0 Å². The Kier molecular flexibility index (Phi) is 4.69. The number of para-hydroxylation sites is 1. The predicted molar refractivity (Wildman–Crippen MR) is 87.0 cm³/mol. The Morgan fingerprint density at radius 3 is 1.95 bits per heavy atom. The second-order valence-corrected chi connectivity index (χ2v) is 5.86. The van der Waals surface area contributed by atoms with Crippen molar-refractivity contribution in [3.05, 3.63) is 63.7 Å². The monoisotopic (exact) mass is 284 g/mol. The Morgan fingerprint density at radius 1 is 0.905 bits per heavy atom. The molecule has 1 N–H and O–H groups in total. The zero-order valence-electron chi connectivity index (χ0n) is 13.5. The van der Waals surface area contributed by atoms with E-state index >= 15 is 0 Å². The van der Waals surface area contributed by atoms with Gasteiger partial charge < -0.3 is 9.84 Å². The predicted octanol–water partition coefficient (Wildman–Crippen LogP) is 4.34. The summed E-state index contributed by atoms with van der Waals surface area (Å²) < 4.78 is 5.87. The smallest absolute Gasteiger partial charge is 0.125 e. The van der Waals surface area contributed by atoms with Crippen molar-refractivity contribution in [2.24, 2.45) is 0 Å². The maximum absolute atomic E-state index is 10.5. The summed E-state index contributed by atoms with van der Waals surface area (Å²) in [5, 5.41) is 10.5. The van der Waals surface area contributed by atoms with Crippen molar-refractivity contribution in [2.45, 2.75) is 40.7 Å². The van der Waals surface area contributed by atoms with Crippen molar-refractivity contribution in [1.82, 2.24) is 0 Å². The number of rotatable bonds is 4. The van der Waals surface area contributed by atoms with E-state index in [4.69, 9.17) is 4.74 Å². The van der Waals surface area contributed by atoms with Gasteiger partial charge in [-0.15, -0.1) is 0 Å². The summed E-state index contributed by atoms with van der Waals surface area (Å²) >= 11 is 0. The first-order valence-electron chi connectivity index (χ1n) is 7.35. The van der Waals surface area contributed by atoms with Gasteiger partial charge in [0.2, 0.25) is 0 Å². The Morgan fingerprint density at radius 2 is 1.43 bits per heavy atom. The van der Waals surface area contributed by atoms with Gasteiger partial charge in [-0.1, -0.05) is 35.9 Å². The lowest BCUT2D eigenvalue weighted by atomic mass is 9.96. The molecule has 2 nitrogen and oxygen atoms in total. The van der Waals surface area contributed by atoms with Crippen molar-refractivity contribution >= 4 is 0 Å². The second kappa shape index (κ2) is 6.31. The topological polar surface area (TPSA) is 29.5 Å². The summed E-state index contributed by atoms with van der Waals surface area (Å²) in [6, 6.07) is 10.3. The number of hydrogen-bond acceptors (Lipinski definition) is 2. The van der Waals surface area contributed by atoms with E-state index in [1.807, 2.05) is 45.9 Å². The molecular formula is C19H24O2. The minimum Gasteiger partial charge on any atom is -0.490 e. The fraction of sp³-hybridized carbons (Fsp3) is 0.368. The summed E-state index contributed by atoms with van der Waals surface area (Å²) in [6.45, 7) is 10.5. The zero-order chi connectivity index (χ0) is 15.6. The van der Waals surface area contributed by atoms with Crippen molar-refractivity contribution < 1.29 is 9.84 Å². The quantitative estimate of drug-likeness (QED) is 0.905. The molecule has 21 heavy (non-hydrogen) atoms. The van der Waals surface area contributed by atoms with E-state index in [0.717, 1.165) is 33.6 Å². The third-order valence-corrected chi connectivity index (χ3v) is 3.87. The molecule has 2 heteroatoms. The Bertz CT molecular complexity index is 601. The van der Waals surface area contributed by atoms with E-state index in [0.29, 0.717) is 0 Å². The molecule has 0 amide bonds. The standard InChI is InChI=1S/C19H24O2/c1-12-9-15(4)18(16(5)10-12)17(20)11-21-19-13(2)7-6-8-14(19)3/h6-10,17,20H,11H2,1-5H3. The number of hydrogen-bond donors (Lipinski definition) is 1. The highest BCUT2D eigenvalue weighted by Gasteiger charge is 2.15. The van der Waals surface area contributed by atoms with E-state index in [9.17, 15) is 5.11 Å². The average Bonchev–Trinajstić information content (AvgIpc) is 2.36. The first-order valence-corrected chi connectivity index (χ1v) is 7.35.